The second-order valence-corrected chi connectivity index (χ2v) is 6.48. The predicted octanol–water partition coefficient (Wildman–Crippen LogP) is -0.307. The van der Waals surface area contributed by atoms with E-state index in [0.717, 1.165) is 19.5 Å². The quantitative estimate of drug-likeness (QED) is 0.585. The molecule has 106 valence electrons. The van der Waals surface area contributed by atoms with E-state index in [-0.39, 0.29) is 4.90 Å². The van der Waals surface area contributed by atoms with Gasteiger partial charge >= 0.3 is 0 Å². The van der Waals surface area contributed by atoms with Gasteiger partial charge in [0.15, 0.2) is 0 Å². The van der Waals surface area contributed by atoms with Crippen molar-refractivity contribution in [3.63, 3.8) is 0 Å². The number of hydrogen-bond donors (Lipinski definition) is 2. The van der Waals surface area contributed by atoms with E-state index in [2.05, 4.69) is 15.3 Å². The van der Waals surface area contributed by atoms with Gasteiger partial charge in [-0.05, 0) is 26.1 Å². The van der Waals surface area contributed by atoms with Gasteiger partial charge in [-0.3, -0.25) is 10.8 Å². The Morgan fingerprint density at radius 1 is 1.32 bits per heavy atom. The molecule has 0 unspecified atom stereocenters. The van der Waals surface area contributed by atoms with Gasteiger partial charge < -0.3 is 10.3 Å². The van der Waals surface area contributed by atoms with Gasteiger partial charge in [-0.1, -0.05) is 0 Å². The number of nitrogens with zero attached hydrogens (tertiary/aromatic N) is 3. The molecule has 2 rings (SSSR count). The molecular formula is C11H19N5O2S. The maximum absolute atomic E-state index is 12.6. The summed E-state index contributed by atoms with van der Waals surface area (Å²) < 4.78 is 26.7. The van der Waals surface area contributed by atoms with Crippen LogP contribution >= 0.6 is 0 Å². The van der Waals surface area contributed by atoms with Crippen LogP contribution in [0.1, 0.15) is 6.42 Å². The van der Waals surface area contributed by atoms with Crippen molar-refractivity contribution in [3.05, 3.63) is 18.5 Å². The molecule has 1 saturated heterocycles. The molecule has 1 aliphatic rings. The standard InChI is InChI=1S/C11H19N5O2S/c1-15-5-2-6-16(8-7-15)19(17,18)11-9-13-4-3-10(11)14-12/h3-4,9H,2,5-8,12H2,1H3,(H,13,14). The van der Waals surface area contributed by atoms with Crippen molar-refractivity contribution in [2.75, 3.05) is 38.7 Å². The molecule has 1 aromatic rings. The second kappa shape index (κ2) is 5.83. The van der Waals surface area contributed by atoms with Crippen LogP contribution in [0.25, 0.3) is 0 Å². The van der Waals surface area contributed by atoms with Gasteiger partial charge in [0, 0.05) is 32.0 Å². The fourth-order valence-corrected chi connectivity index (χ4v) is 3.68. The zero-order chi connectivity index (χ0) is 13.9. The number of rotatable bonds is 3. The second-order valence-electron chi connectivity index (χ2n) is 4.58. The minimum Gasteiger partial charge on any atom is -0.323 e. The molecule has 0 radical (unpaired) electrons. The molecule has 0 atom stereocenters. The summed E-state index contributed by atoms with van der Waals surface area (Å²) in [5, 5.41) is 0. The molecule has 2 heterocycles. The smallest absolute Gasteiger partial charge is 0.246 e. The highest BCUT2D eigenvalue weighted by Gasteiger charge is 2.28. The Hall–Kier alpha value is -1.22. The molecule has 3 N–H and O–H groups in total. The lowest BCUT2D eigenvalue weighted by Crippen LogP contribution is -2.35. The zero-order valence-corrected chi connectivity index (χ0v) is 11.7. The van der Waals surface area contributed by atoms with Gasteiger partial charge in [-0.25, -0.2) is 8.42 Å². The Bertz CT molecular complexity index is 534. The summed E-state index contributed by atoms with van der Waals surface area (Å²) in [6.45, 7) is 2.63. The number of likely N-dealkylation sites (N-methyl/N-ethyl adjacent to an activating group) is 1. The number of nitrogen functional groups attached to an aromatic ring is 1. The normalized spacial score (nSPS) is 19.1. The number of nitrogens with two attached hydrogens (primary N) is 1. The molecule has 1 aromatic heterocycles. The molecule has 0 bridgehead atoms. The lowest BCUT2D eigenvalue weighted by molar-refractivity contribution is 0.347. The largest absolute Gasteiger partial charge is 0.323 e. The molecule has 0 amide bonds. The van der Waals surface area contributed by atoms with Crippen LogP contribution in [0.15, 0.2) is 23.4 Å². The molecule has 8 heteroatoms. The summed E-state index contributed by atoms with van der Waals surface area (Å²) in [6.07, 6.45) is 3.66. The lowest BCUT2D eigenvalue weighted by atomic mass is 10.4. The van der Waals surface area contributed by atoms with Gasteiger partial charge in [0.1, 0.15) is 4.90 Å². The number of aromatic nitrogens is 1. The lowest BCUT2D eigenvalue weighted by Gasteiger charge is -2.21. The molecule has 1 aliphatic heterocycles. The van der Waals surface area contributed by atoms with E-state index in [4.69, 9.17) is 5.84 Å². The van der Waals surface area contributed by atoms with Crippen molar-refractivity contribution < 1.29 is 8.42 Å². The average Bonchev–Trinajstić information content (AvgIpc) is 2.64. The number of nitrogens with one attached hydrogen (secondary N) is 1. The Morgan fingerprint density at radius 3 is 2.84 bits per heavy atom. The first-order valence-electron chi connectivity index (χ1n) is 6.15. The number of sulfonamides is 1. The summed E-state index contributed by atoms with van der Waals surface area (Å²) in [5.74, 6) is 5.36. The summed E-state index contributed by atoms with van der Waals surface area (Å²) in [7, 11) is -1.56. The molecule has 1 fully saturated rings. The minimum absolute atomic E-state index is 0.127. The van der Waals surface area contributed by atoms with Gasteiger partial charge in [0.25, 0.3) is 0 Å². The van der Waals surface area contributed by atoms with Crippen molar-refractivity contribution in [1.29, 1.82) is 0 Å². The van der Waals surface area contributed by atoms with Crippen LogP contribution in [0.2, 0.25) is 0 Å². The fourth-order valence-electron chi connectivity index (χ4n) is 2.11. The number of hydrazine groups is 1. The van der Waals surface area contributed by atoms with Crippen LogP contribution in [0.5, 0.6) is 0 Å². The highest BCUT2D eigenvalue weighted by Crippen LogP contribution is 2.23. The Labute approximate surface area is 113 Å². The Morgan fingerprint density at radius 2 is 2.11 bits per heavy atom. The van der Waals surface area contributed by atoms with Gasteiger partial charge in [-0.2, -0.15) is 4.31 Å². The predicted molar refractivity (Wildman–Crippen MR) is 72.9 cm³/mol. The van der Waals surface area contributed by atoms with E-state index in [1.54, 1.807) is 6.07 Å². The molecule has 0 saturated carbocycles. The van der Waals surface area contributed by atoms with Crippen molar-refractivity contribution in [3.8, 4) is 0 Å². The molecule has 19 heavy (non-hydrogen) atoms. The van der Waals surface area contributed by atoms with Crippen LogP contribution in [-0.2, 0) is 10.0 Å². The van der Waals surface area contributed by atoms with Gasteiger partial charge in [0.2, 0.25) is 10.0 Å². The number of anilines is 1. The maximum atomic E-state index is 12.6. The van der Waals surface area contributed by atoms with Crippen molar-refractivity contribution in [2.24, 2.45) is 5.84 Å². The molecule has 7 nitrogen and oxygen atoms in total. The van der Waals surface area contributed by atoms with Crippen molar-refractivity contribution >= 4 is 15.7 Å². The van der Waals surface area contributed by atoms with E-state index in [9.17, 15) is 8.42 Å². The topological polar surface area (TPSA) is 91.6 Å². The monoisotopic (exact) mass is 285 g/mol. The van der Waals surface area contributed by atoms with Crippen LogP contribution in [0.4, 0.5) is 5.69 Å². The van der Waals surface area contributed by atoms with Crippen LogP contribution < -0.4 is 11.3 Å². The molecule has 0 aliphatic carbocycles. The van der Waals surface area contributed by atoms with E-state index in [0.29, 0.717) is 18.8 Å². The van der Waals surface area contributed by atoms with E-state index < -0.39 is 10.0 Å². The summed E-state index contributed by atoms with van der Waals surface area (Å²) in [4.78, 5) is 6.13. The maximum Gasteiger partial charge on any atom is 0.246 e. The molecular weight excluding hydrogens is 266 g/mol. The third kappa shape index (κ3) is 3.03. The Kier molecular flexibility index (Phi) is 4.35. The third-order valence-corrected chi connectivity index (χ3v) is 5.16. The summed E-state index contributed by atoms with van der Waals surface area (Å²) >= 11 is 0. The van der Waals surface area contributed by atoms with Crippen LogP contribution in [0, 0.1) is 0 Å². The van der Waals surface area contributed by atoms with Crippen LogP contribution in [-0.4, -0.2) is 55.8 Å². The highest BCUT2D eigenvalue weighted by atomic mass is 32.2. The first-order chi connectivity index (χ1) is 9.05. The van der Waals surface area contributed by atoms with E-state index in [1.807, 2.05) is 7.05 Å². The third-order valence-electron chi connectivity index (χ3n) is 3.24. The van der Waals surface area contributed by atoms with Crippen LogP contribution in [0.3, 0.4) is 0 Å². The Balaban J connectivity index is 2.31. The SMILES string of the molecule is CN1CCCN(S(=O)(=O)c2cnccc2NN)CC1. The van der Waals surface area contributed by atoms with E-state index >= 15 is 0 Å². The first-order valence-corrected chi connectivity index (χ1v) is 7.59. The zero-order valence-electron chi connectivity index (χ0n) is 10.9. The summed E-state index contributed by atoms with van der Waals surface area (Å²) in [5.41, 5.74) is 2.78. The van der Waals surface area contributed by atoms with Crippen molar-refractivity contribution in [2.45, 2.75) is 11.3 Å². The minimum atomic E-state index is -3.55. The van der Waals surface area contributed by atoms with Crippen molar-refractivity contribution in [1.82, 2.24) is 14.2 Å². The number of hydrogen-bond acceptors (Lipinski definition) is 6. The average molecular weight is 285 g/mol. The molecule has 0 aromatic carbocycles. The fraction of sp³-hybridized carbons (Fsp3) is 0.545. The highest BCUT2D eigenvalue weighted by molar-refractivity contribution is 7.89. The van der Waals surface area contributed by atoms with E-state index in [1.165, 1.54) is 16.7 Å². The van der Waals surface area contributed by atoms with Gasteiger partial charge in [-0.15, -0.1) is 0 Å². The first kappa shape index (κ1) is 14.2. The van der Waals surface area contributed by atoms with Gasteiger partial charge in [0.05, 0.1) is 5.69 Å². The molecule has 0 spiro atoms. The number of pyridine rings is 1. The summed E-state index contributed by atoms with van der Waals surface area (Å²) in [6, 6.07) is 1.55.